The molecule has 1 aliphatic rings. The maximum Gasteiger partial charge on any atom is 0.123 e. The minimum Gasteiger partial charge on any atom is -0.331 e. The number of aromatic nitrogens is 4. The molecule has 0 radical (unpaired) electrons. The lowest BCUT2D eigenvalue weighted by molar-refractivity contribution is 0.239. The summed E-state index contributed by atoms with van der Waals surface area (Å²) in [5.41, 5.74) is 3.25. The molecule has 24 heavy (non-hydrogen) atoms. The quantitative estimate of drug-likeness (QED) is 0.751. The predicted octanol–water partition coefficient (Wildman–Crippen LogP) is 3.80. The van der Waals surface area contributed by atoms with Crippen molar-refractivity contribution < 1.29 is 0 Å². The first-order chi connectivity index (χ1) is 11.7. The van der Waals surface area contributed by atoms with Gasteiger partial charge in [0.15, 0.2) is 0 Å². The van der Waals surface area contributed by atoms with Gasteiger partial charge in [-0.25, -0.2) is 4.98 Å². The predicted molar refractivity (Wildman–Crippen MR) is 94.4 cm³/mol. The van der Waals surface area contributed by atoms with Crippen molar-refractivity contribution in [2.24, 2.45) is 0 Å². The molecule has 0 unspecified atom stereocenters. The smallest absolute Gasteiger partial charge is 0.123 e. The number of aromatic amines is 1. The highest BCUT2D eigenvalue weighted by Gasteiger charge is 2.26. The molecule has 0 saturated heterocycles. The van der Waals surface area contributed by atoms with Gasteiger partial charge in [0.25, 0.3) is 0 Å². The molecule has 1 aromatic carbocycles. The van der Waals surface area contributed by atoms with E-state index >= 15 is 0 Å². The van der Waals surface area contributed by atoms with Gasteiger partial charge in [-0.05, 0) is 32.9 Å². The molecule has 0 spiro atoms. The van der Waals surface area contributed by atoms with E-state index < -0.39 is 0 Å². The zero-order chi connectivity index (χ0) is 16.5. The molecule has 1 saturated carbocycles. The van der Waals surface area contributed by atoms with E-state index in [2.05, 4.69) is 63.0 Å². The molecule has 3 aromatic rings. The molecule has 5 nitrogen and oxygen atoms in total. The van der Waals surface area contributed by atoms with Crippen molar-refractivity contribution in [3.05, 3.63) is 60.3 Å². The van der Waals surface area contributed by atoms with Crippen molar-refractivity contribution in [3.8, 4) is 11.3 Å². The Hall–Kier alpha value is -2.40. The molecule has 0 amide bonds. The Labute approximate surface area is 142 Å². The van der Waals surface area contributed by atoms with Crippen LogP contribution in [-0.2, 0) is 6.54 Å². The normalized spacial score (nSPS) is 15.8. The first kappa shape index (κ1) is 15.1. The molecule has 0 bridgehead atoms. The first-order valence-corrected chi connectivity index (χ1v) is 8.55. The number of benzene rings is 1. The molecule has 1 N–H and O–H groups in total. The summed E-state index contributed by atoms with van der Waals surface area (Å²) < 4.78 is 2.32. The van der Waals surface area contributed by atoms with E-state index in [-0.39, 0.29) is 6.04 Å². The molecule has 2 aromatic heterocycles. The second-order valence-electron chi connectivity index (χ2n) is 6.65. The molecule has 1 atom stereocenters. The van der Waals surface area contributed by atoms with Crippen LogP contribution in [0.1, 0.15) is 43.4 Å². The second-order valence-corrected chi connectivity index (χ2v) is 6.65. The zero-order valence-electron chi connectivity index (χ0n) is 14.2. The van der Waals surface area contributed by atoms with E-state index in [1.165, 1.54) is 12.8 Å². The van der Waals surface area contributed by atoms with Crippen molar-refractivity contribution in [3.63, 3.8) is 0 Å². The van der Waals surface area contributed by atoms with Crippen molar-refractivity contribution in [1.29, 1.82) is 0 Å². The van der Waals surface area contributed by atoms with E-state index in [9.17, 15) is 0 Å². The van der Waals surface area contributed by atoms with Crippen LogP contribution in [0.5, 0.6) is 0 Å². The molecule has 124 valence electrons. The van der Waals surface area contributed by atoms with Crippen molar-refractivity contribution in [2.75, 3.05) is 7.05 Å². The third-order valence-corrected chi connectivity index (χ3v) is 4.86. The van der Waals surface area contributed by atoms with Crippen molar-refractivity contribution in [1.82, 2.24) is 24.6 Å². The Morgan fingerprint density at radius 2 is 2.08 bits per heavy atom. The van der Waals surface area contributed by atoms with Gasteiger partial charge in [-0.2, -0.15) is 5.10 Å². The fraction of sp³-hybridized carbons (Fsp3) is 0.368. The van der Waals surface area contributed by atoms with Crippen LogP contribution >= 0.6 is 0 Å². The number of rotatable bonds is 6. The van der Waals surface area contributed by atoms with Crippen LogP contribution in [-0.4, -0.2) is 31.7 Å². The average molecular weight is 321 g/mol. The molecule has 4 rings (SSSR count). The Balaban J connectivity index is 1.48. The van der Waals surface area contributed by atoms with Crippen LogP contribution in [0.25, 0.3) is 11.3 Å². The van der Waals surface area contributed by atoms with Gasteiger partial charge in [-0.1, -0.05) is 30.3 Å². The van der Waals surface area contributed by atoms with E-state index in [1.807, 2.05) is 24.4 Å². The van der Waals surface area contributed by atoms with Crippen molar-refractivity contribution >= 4 is 0 Å². The van der Waals surface area contributed by atoms with Gasteiger partial charge < -0.3 is 4.57 Å². The summed E-state index contributed by atoms with van der Waals surface area (Å²) >= 11 is 0. The number of nitrogens with zero attached hydrogens (tertiary/aromatic N) is 4. The third-order valence-electron chi connectivity index (χ3n) is 4.86. The number of hydrogen-bond donors (Lipinski definition) is 1. The summed E-state index contributed by atoms with van der Waals surface area (Å²) in [6.07, 6.45) is 6.58. The molecule has 0 aliphatic heterocycles. The monoisotopic (exact) mass is 321 g/mol. The van der Waals surface area contributed by atoms with Crippen LogP contribution < -0.4 is 0 Å². The van der Waals surface area contributed by atoms with Gasteiger partial charge >= 0.3 is 0 Å². The highest BCUT2D eigenvalue weighted by atomic mass is 15.2. The lowest BCUT2D eigenvalue weighted by atomic mass is 10.1. The Morgan fingerprint density at radius 3 is 2.83 bits per heavy atom. The number of nitrogens with one attached hydrogen (secondary N) is 1. The summed E-state index contributed by atoms with van der Waals surface area (Å²) in [5.74, 6) is 1.15. The van der Waals surface area contributed by atoms with E-state index in [0.717, 1.165) is 29.3 Å². The van der Waals surface area contributed by atoms with Crippen molar-refractivity contribution in [2.45, 2.75) is 38.4 Å². The molecule has 2 heterocycles. The van der Waals surface area contributed by atoms with E-state index in [0.29, 0.717) is 6.04 Å². The minimum absolute atomic E-state index is 0.249. The van der Waals surface area contributed by atoms with Gasteiger partial charge in [0.2, 0.25) is 0 Å². The Bertz CT molecular complexity index is 800. The topological polar surface area (TPSA) is 49.7 Å². The van der Waals surface area contributed by atoms with Gasteiger partial charge in [-0.15, -0.1) is 0 Å². The molecular weight excluding hydrogens is 298 g/mol. The van der Waals surface area contributed by atoms with E-state index in [1.54, 1.807) is 0 Å². The summed E-state index contributed by atoms with van der Waals surface area (Å²) in [4.78, 5) is 6.85. The second kappa shape index (κ2) is 6.24. The Kier molecular flexibility index (Phi) is 3.94. The summed E-state index contributed by atoms with van der Waals surface area (Å²) in [5, 5.41) is 7.67. The highest BCUT2D eigenvalue weighted by Crippen LogP contribution is 2.36. The van der Waals surface area contributed by atoms with Gasteiger partial charge in [0, 0.05) is 30.0 Å². The number of H-pyrrole nitrogens is 1. The third kappa shape index (κ3) is 2.99. The number of hydrogen-bond acceptors (Lipinski definition) is 3. The first-order valence-electron chi connectivity index (χ1n) is 8.55. The lowest BCUT2D eigenvalue weighted by Gasteiger charge is -2.23. The zero-order valence-corrected chi connectivity index (χ0v) is 14.2. The minimum atomic E-state index is 0.249. The van der Waals surface area contributed by atoms with E-state index in [4.69, 9.17) is 0 Å². The summed E-state index contributed by atoms with van der Waals surface area (Å²) in [6.45, 7) is 3.04. The van der Waals surface area contributed by atoms with Crippen LogP contribution in [0.3, 0.4) is 0 Å². The fourth-order valence-electron chi connectivity index (χ4n) is 3.06. The standard InChI is InChI=1S/C19H23N5/c1-14(17-12-18(22-21-17)15-6-4-3-5-7-15)23(2)13-19-20-10-11-24(19)16-8-9-16/h3-7,10-12,14,16H,8-9,13H2,1-2H3,(H,21,22)/t14-/m0/s1. The van der Waals surface area contributed by atoms with Crippen LogP contribution in [0.15, 0.2) is 48.8 Å². The maximum absolute atomic E-state index is 4.54. The average Bonchev–Trinajstić information content (AvgIpc) is 3.15. The maximum atomic E-state index is 4.54. The van der Waals surface area contributed by atoms with Gasteiger partial charge in [-0.3, -0.25) is 10.00 Å². The summed E-state index contributed by atoms with van der Waals surface area (Å²) in [7, 11) is 2.14. The van der Waals surface area contributed by atoms with Gasteiger partial charge in [0.1, 0.15) is 5.82 Å². The Morgan fingerprint density at radius 1 is 1.29 bits per heavy atom. The van der Waals surface area contributed by atoms with Gasteiger partial charge in [0.05, 0.1) is 17.9 Å². The largest absolute Gasteiger partial charge is 0.331 e. The molecule has 5 heteroatoms. The molecule has 1 fully saturated rings. The van der Waals surface area contributed by atoms with Crippen LogP contribution in [0, 0.1) is 0 Å². The van der Waals surface area contributed by atoms with Crippen LogP contribution in [0.2, 0.25) is 0 Å². The summed E-state index contributed by atoms with van der Waals surface area (Å²) in [6, 6.07) is 13.3. The fourth-order valence-corrected chi connectivity index (χ4v) is 3.06. The lowest BCUT2D eigenvalue weighted by Crippen LogP contribution is -2.24. The van der Waals surface area contributed by atoms with Crippen LogP contribution in [0.4, 0.5) is 0 Å². The molecular formula is C19H23N5. The number of imidazole rings is 1. The molecule has 1 aliphatic carbocycles. The SMILES string of the molecule is C[C@@H](c1cc(-c2ccccc2)n[nH]1)N(C)Cc1nccn1C1CC1. The highest BCUT2D eigenvalue weighted by molar-refractivity contribution is 5.59.